The summed E-state index contributed by atoms with van der Waals surface area (Å²) in [7, 11) is 0. The zero-order chi connectivity index (χ0) is 33.3. The molecule has 0 N–H and O–H groups in total. The van der Waals surface area contributed by atoms with Crippen LogP contribution in [0, 0.1) is 0 Å². The van der Waals surface area contributed by atoms with Crippen molar-refractivity contribution < 1.29 is 4.42 Å². The van der Waals surface area contributed by atoms with Gasteiger partial charge in [-0.15, -0.1) is 0 Å². The summed E-state index contributed by atoms with van der Waals surface area (Å²) in [5, 5.41) is 3.60. The molecule has 0 aliphatic carbocycles. The molecule has 0 aliphatic rings. The minimum atomic E-state index is 0.864. The third-order valence-electron chi connectivity index (χ3n) is 9.46. The van der Waals surface area contributed by atoms with E-state index in [0.29, 0.717) is 0 Å². The Hall–Kier alpha value is -6.64. The Morgan fingerprint density at radius 3 is 1.66 bits per heavy atom. The van der Waals surface area contributed by atoms with Gasteiger partial charge in [0.2, 0.25) is 0 Å². The van der Waals surface area contributed by atoms with Crippen LogP contribution in [-0.4, -0.2) is 0 Å². The van der Waals surface area contributed by atoms with E-state index < -0.39 is 0 Å². The molecular weight excluding hydrogens is 607 g/mol. The Bertz CT molecular complexity index is 2580. The van der Waals surface area contributed by atoms with E-state index in [1.54, 1.807) is 0 Å². The number of anilines is 3. The molecule has 2 heteroatoms. The van der Waals surface area contributed by atoms with Crippen molar-refractivity contribution in [2.75, 3.05) is 4.90 Å². The van der Waals surface area contributed by atoms with Crippen LogP contribution in [0.4, 0.5) is 17.1 Å². The number of hydrogen-bond acceptors (Lipinski definition) is 2. The predicted octanol–water partition coefficient (Wildman–Crippen LogP) is 13.7. The van der Waals surface area contributed by atoms with Gasteiger partial charge in [-0.05, 0) is 81.1 Å². The number of rotatable bonds is 7. The monoisotopic (exact) mass is 639 g/mol. The van der Waals surface area contributed by atoms with Crippen molar-refractivity contribution in [2.24, 2.45) is 0 Å². The highest BCUT2D eigenvalue weighted by molar-refractivity contribution is 6.02. The van der Waals surface area contributed by atoms with Gasteiger partial charge in [-0.3, -0.25) is 0 Å². The lowest BCUT2D eigenvalue weighted by atomic mass is 9.97. The van der Waals surface area contributed by atoms with Crippen LogP contribution >= 0.6 is 0 Å². The summed E-state index contributed by atoms with van der Waals surface area (Å²) >= 11 is 0. The third-order valence-corrected chi connectivity index (χ3v) is 9.46. The Morgan fingerprint density at radius 2 is 0.900 bits per heavy atom. The molecule has 0 spiro atoms. The van der Waals surface area contributed by atoms with Crippen LogP contribution in [-0.2, 0) is 0 Å². The highest BCUT2D eigenvalue weighted by Gasteiger charge is 2.20. The van der Waals surface area contributed by atoms with Crippen molar-refractivity contribution in [3.63, 3.8) is 0 Å². The standard InChI is InChI=1S/C48H33NO/c1-3-14-34(15-4-1)38-20-11-22-41(32-38)49(40-30-28-36(29-31-40)44-26-13-19-35-16-7-8-24-43(35)44)42-23-12-21-39(33-42)48-47(37-17-5-2-6-18-37)45-25-9-10-27-46(45)50-48/h1-33H. The molecule has 1 aromatic heterocycles. The van der Waals surface area contributed by atoms with Crippen LogP contribution in [0.1, 0.15) is 0 Å². The number of fused-ring (bicyclic) bond motifs is 2. The van der Waals surface area contributed by atoms with Crippen molar-refractivity contribution in [3.05, 3.63) is 200 Å². The summed E-state index contributed by atoms with van der Waals surface area (Å²) in [6.45, 7) is 0. The maximum absolute atomic E-state index is 6.64. The lowest BCUT2D eigenvalue weighted by Crippen LogP contribution is -2.10. The van der Waals surface area contributed by atoms with Gasteiger partial charge in [0.1, 0.15) is 11.3 Å². The lowest BCUT2D eigenvalue weighted by Gasteiger charge is -2.27. The van der Waals surface area contributed by atoms with E-state index in [-0.39, 0.29) is 0 Å². The van der Waals surface area contributed by atoms with Crippen molar-refractivity contribution in [2.45, 2.75) is 0 Å². The fourth-order valence-corrected chi connectivity index (χ4v) is 7.10. The van der Waals surface area contributed by atoms with Crippen molar-refractivity contribution in [1.29, 1.82) is 0 Å². The summed E-state index contributed by atoms with van der Waals surface area (Å²) in [6.07, 6.45) is 0. The van der Waals surface area contributed by atoms with Crippen LogP contribution in [0.5, 0.6) is 0 Å². The molecule has 50 heavy (non-hydrogen) atoms. The van der Waals surface area contributed by atoms with Crippen molar-refractivity contribution >= 4 is 38.8 Å². The zero-order valence-electron chi connectivity index (χ0n) is 27.4. The molecule has 0 radical (unpaired) electrons. The topological polar surface area (TPSA) is 16.4 Å². The highest BCUT2D eigenvalue weighted by Crippen LogP contribution is 2.44. The van der Waals surface area contributed by atoms with E-state index in [2.05, 4.69) is 193 Å². The smallest absolute Gasteiger partial charge is 0.143 e. The molecule has 0 saturated carbocycles. The maximum Gasteiger partial charge on any atom is 0.143 e. The van der Waals surface area contributed by atoms with Gasteiger partial charge in [0.15, 0.2) is 0 Å². The number of nitrogens with zero attached hydrogens (tertiary/aromatic N) is 1. The Morgan fingerprint density at radius 1 is 0.340 bits per heavy atom. The summed E-state index contributed by atoms with van der Waals surface area (Å²) in [5.74, 6) is 0.864. The molecule has 236 valence electrons. The van der Waals surface area contributed by atoms with Gasteiger partial charge in [-0.25, -0.2) is 0 Å². The van der Waals surface area contributed by atoms with Gasteiger partial charge in [0.05, 0.1) is 0 Å². The molecule has 8 aromatic carbocycles. The molecule has 0 fully saturated rings. The second-order valence-electron chi connectivity index (χ2n) is 12.5. The highest BCUT2D eigenvalue weighted by atomic mass is 16.3. The Balaban J connectivity index is 1.20. The largest absolute Gasteiger partial charge is 0.455 e. The number of para-hydroxylation sites is 1. The van der Waals surface area contributed by atoms with Gasteiger partial charge in [-0.2, -0.15) is 0 Å². The fourth-order valence-electron chi connectivity index (χ4n) is 7.10. The first-order valence-electron chi connectivity index (χ1n) is 17.0. The lowest BCUT2D eigenvalue weighted by molar-refractivity contribution is 0.632. The first kappa shape index (κ1) is 29.5. The molecule has 0 bridgehead atoms. The Kier molecular flexibility index (Phi) is 7.53. The Labute approximate surface area is 292 Å². The molecule has 2 nitrogen and oxygen atoms in total. The van der Waals surface area contributed by atoms with Gasteiger partial charge in [0.25, 0.3) is 0 Å². The van der Waals surface area contributed by atoms with Gasteiger partial charge in [0, 0.05) is 33.6 Å². The summed E-state index contributed by atoms with van der Waals surface area (Å²) in [4.78, 5) is 2.34. The van der Waals surface area contributed by atoms with Crippen LogP contribution < -0.4 is 4.90 Å². The van der Waals surface area contributed by atoms with Crippen molar-refractivity contribution in [3.8, 4) is 44.7 Å². The van der Waals surface area contributed by atoms with Crippen LogP contribution in [0.15, 0.2) is 205 Å². The average Bonchev–Trinajstić information content (AvgIpc) is 3.59. The molecule has 0 unspecified atom stereocenters. The van der Waals surface area contributed by atoms with E-state index in [1.807, 2.05) is 12.1 Å². The van der Waals surface area contributed by atoms with Crippen LogP contribution in [0.2, 0.25) is 0 Å². The first-order valence-corrected chi connectivity index (χ1v) is 17.0. The quantitative estimate of drug-likeness (QED) is 0.173. The summed E-state index contributed by atoms with van der Waals surface area (Å²) in [6, 6.07) is 70.9. The van der Waals surface area contributed by atoms with E-state index in [0.717, 1.165) is 50.5 Å². The average molecular weight is 640 g/mol. The van der Waals surface area contributed by atoms with E-state index in [1.165, 1.54) is 33.0 Å². The third kappa shape index (κ3) is 5.43. The fraction of sp³-hybridized carbons (Fsp3) is 0. The minimum Gasteiger partial charge on any atom is -0.455 e. The number of benzene rings is 8. The number of hydrogen-bond donors (Lipinski definition) is 0. The van der Waals surface area contributed by atoms with E-state index >= 15 is 0 Å². The van der Waals surface area contributed by atoms with Crippen LogP contribution in [0.25, 0.3) is 66.4 Å². The first-order chi connectivity index (χ1) is 24.8. The molecule has 9 aromatic rings. The van der Waals surface area contributed by atoms with E-state index in [4.69, 9.17) is 4.42 Å². The van der Waals surface area contributed by atoms with Gasteiger partial charge in [-0.1, -0.05) is 158 Å². The van der Waals surface area contributed by atoms with Gasteiger partial charge < -0.3 is 9.32 Å². The SMILES string of the molecule is c1ccc(-c2cccc(N(c3ccc(-c4cccc5ccccc45)cc3)c3cccc(-c4oc5ccccc5c4-c4ccccc4)c3)c2)cc1. The van der Waals surface area contributed by atoms with E-state index in [9.17, 15) is 0 Å². The van der Waals surface area contributed by atoms with Gasteiger partial charge >= 0.3 is 0 Å². The molecule has 9 rings (SSSR count). The summed E-state index contributed by atoms with van der Waals surface area (Å²) < 4.78 is 6.64. The van der Waals surface area contributed by atoms with Crippen LogP contribution in [0.3, 0.4) is 0 Å². The second-order valence-corrected chi connectivity index (χ2v) is 12.5. The molecule has 0 saturated heterocycles. The summed E-state index contributed by atoms with van der Waals surface area (Å²) in [5.41, 5.74) is 12.1. The van der Waals surface area contributed by atoms with Crippen molar-refractivity contribution in [1.82, 2.24) is 0 Å². The molecule has 0 amide bonds. The molecule has 0 atom stereocenters. The number of furan rings is 1. The second kappa shape index (κ2) is 12.8. The molecular formula is C48H33NO. The normalized spacial score (nSPS) is 11.2. The predicted molar refractivity (Wildman–Crippen MR) is 210 cm³/mol. The maximum atomic E-state index is 6.64. The molecule has 1 heterocycles. The minimum absolute atomic E-state index is 0.864. The zero-order valence-corrected chi connectivity index (χ0v) is 27.4. The molecule has 0 aliphatic heterocycles.